The van der Waals surface area contributed by atoms with Crippen molar-refractivity contribution in [3.05, 3.63) is 59.7 Å². The van der Waals surface area contributed by atoms with Crippen molar-refractivity contribution < 1.29 is 4.52 Å². The summed E-state index contributed by atoms with van der Waals surface area (Å²) in [5.41, 5.74) is 4.41. The van der Waals surface area contributed by atoms with Gasteiger partial charge in [-0.05, 0) is 42.3 Å². The van der Waals surface area contributed by atoms with Crippen LogP contribution >= 0.6 is 0 Å². The highest BCUT2D eigenvalue weighted by Crippen LogP contribution is 2.27. The van der Waals surface area contributed by atoms with Crippen LogP contribution in [0, 0.1) is 0 Å². The van der Waals surface area contributed by atoms with Crippen LogP contribution in [-0.4, -0.2) is 21.7 Å². The summed E-state index contributed by atoms with van der Waals surface area (Å²) in [6, 6.07) is 12.0. The number of nitrogens with one attached hydrogen (secondary N) is 1. The summed E-state index contributed by atoms with van der Waals surface area (Å²) in [4.78, 5) is 8.74. The van der Waals surface area contributed by atoms with Crippen molar-refractivity contribution in [2.45, 2.75) is 12.8 Å². The van der Waals surface area contributed by atoms with Gasteiger partial charge in [-0.1, -0.05) is 11.2 Å². The molecule has 3 heterocycles. The van der Waals surface area contributed by atoms with Crippen molar-refractivity contribution in [3.8, 4) is 11.5 Å². The zero-order valence-electron chi connectivity index (χ0n) is 11.4. The van der Waals surface area contributed by atoms with Crippen LogP contribution in [0.1, 0.15) is 17.1 Å². The molecule has 0 fully saturated rings. The smallest absolute Gasteiger partial charge is 0.257 e. The lowest BCUT2D eigenvalue weighted by molar-refractivity contribution is 0.423. The number of hydrogen-bond acceptors (Lipinski definition) is 5. The summed E-state index contributed by atoms with van der Waals surface area (Å²) in [5.74, 6) is 1.22. The molecule has 0 saturated heterocycles. The highest BCUT2D eigenvalue weighted by molar-refractivity contribution is 5.64. The minimum Gasteiger partial charge on any atom is -0.384 e. The summed E-state index contributed by atoms with van der Waals surface area (Å²) < 4.78 is 5.37. The molecule has 4 rings (SSSR count). The number of anilines is 1. The van der Waals surface area contributed by atoms with Gasteiger partial charge in [0.25, 0.3) is 5.89 Å². The molecule has 0 saturated carbocycles. The summed E-state index contributed by atoms with van der Waals surface area (Å²) in [6.45, 7) is 0.994. The van der Waals surface area contributed by atoms with E-state index in [0.717, 1.165) is 24.2 Å². The maximum Gasteiger partial charge on any atom is 0.257 e. The third-order valence-corrected chi connectivity index (χ3v) is 3.60. The van der Waals surface area contributed by atoms with Crippen molar-refractivity contribution in [2.75, 3.05) is 11.9 Å². The van der Waals surface area contributed by atoms with E-state index in [4.69, 9.17) is 4.52 Å². The summed E-state index contributed by atoms with van der Waals surface area (Å²) >= 11 is 0. The fourth-order valence-electron chi connectivity index (χ4n) is 2.55. The van der Waals surface area contributed by atoms with Crippen LogP contribution < -0.4 is 5.32 Å². The molecule has 0 unspecified atom stereocenters. The number of rotatable bonds is 3. The lowest BCUT2D eigenvalue weighted by Crippen LogP contribution is -1.93. The first-order valence-corrected chi connectivity index (χ1v) is 6.98. The second-order valence-electron chi connectivity index (χ2n) is 5.06. The Morgan fingerprint density at radius 2 is 2.19 bits per heavy atom. The normalized spacial score (nSPS) is 13.0. The summed E-state index contributed by atoms with van der Waals surface area (Å²) in [5, 5.41) is 7.38. The molecule has 0 bridgehead atoms. The van der Waals surface area contributed by atoms with E-state index in [-0.39, 0.29) is 0 Å². The number of fused-ring (bicyclic) bond motifs is 1. The van der Waals surface area contributed by atoms with Gasteiger partial charge in [-0.2, -0.15) is 4.98 Å². The fourth-order valence-corrected chi connectivity index (χ4v) is 2.55. The Balaban J connectivity index is 1.59. The number of nitrogens with zero attached hydrogens (tertiary/aromatic N) is 3. The standard InChI is InChI=1S/C16H14N4O/c1-2-7-17-13(3-1)10-15-19-16(21-20-15)12-4-5-14-11(9-12)6-8-18-14/h1-5,7,9,18H,6,8,10H2. The fraction of sp³-hybridized carbons (Fsp3) is 0.188. The summed E-state index contributed by atoms with van der Waals surface area (Å²) in [7, 11) is 0. The van der Waals surface area contributed by atoms with E-state index < -0.39 is 0 Å². The highest BCUT2D eigenvalue weighted by Gasteiger charge is 2.14. The van der Waals surface area contributed by atoms with E-state index >= 15 is 0 Å². The molecule has 3 aromatic rings. The van der Waals surface area contributed by atoms with Crippen LogP contribution in [0.15, 0.2) is 47.1 Å². The van der Waals surface area contributed by atoms with Gasteiger partial charge < -0.3 is 9.84 Å². The van der Waals surface area contributed by atoms with Crippen LogP contribution in [-0.2, 0) is 12.8 Å². The van der Waals surface area contributed by atoms with Crippen LogP contribution in [0.25, 0.3) is 11.5 Å². The third kappa shape index (κ3) is 2.38. The predicted octanol–water partition coefficient (Wildman–Crippen LogP) is 2.69. The molecular formula is C16H14N4O. The molecule has 0 aliphatic carbocycles. The molecule has 104 valence electrons. The molecule has 5 heteroatoms. The average Bonchev–Trinajstić information content (AvgIpc) is 3.16. The number of aromatic nitrogens is 3. The first kappa shape index (κ1) is 12.1. The van der Waals surface area contributed by atoms with Crippen molar-refractivity contribution in [1.29, 1.82) is 0 Å². The first-order valence-electron chi connectivity index (χ1n) is 6.98. The van der Waals surface area contributed by atoms with Gasteiger partial charge in [0.1, 0.15) is 0 Å². The lowest BCUT2D eigenvalue weighted by Gasteiger charge is -2.00. The zero-order chi connectivity index (χ0) is 14.1. The van der Waals surface area contributed by atoms with Crippen molar-refractivity contribution in [2.24, 2.45) is 0 Å². The number of benzene rings is 1. The van der Waals surface area contributed by atoms with Gasteiger partial charge in [-0.3, -0.25) is 4.98 Å². The lowest BCUT2D eigenvalue weighted by atomic mass is 10.1. The molecule has 0 radical (unpaired) electrons. The van der Waals surface area contributed by atoms with Crippen LogP contribution in [0.3, 0.4) is 0 Å². The van der Waals surface area contributed by atoms with Crippen molar-refractivity contribution in [3.63, 3.8) is 0 Å². The SMILES string of the molecule is c1ccc(Cc2noc(-c3ccc4c(c3)CCN4)n2)nc1. The second-order valence-corrected chi connectivity index (χ2v) is 5.06. The highest BCUT2D eigenvalue weighted by atomic mass is 16.5. The van der Waals surface area contributed by atoms with E-state index in [1.54, 1.807) is 6.20 Å². The molecular weight excluding hydrogens is 264 g/mol. The van der Waals surface area contributed by atoms with Gasteiger partial charge in [0, 0.05) is 29.7 Å². The molecule has 0 spiro atoms. The average molecular weight is 278 g/mol. The molecule has 0 amide bonds. The van der Waals surface area contributed by atoms with Gasteiger partial charge in [-0.15, -0.1) is 0 Å². The Kier molecular flexibility index (Phi) is 2.88. The maximum atomic E-state index is 5.37. The Morgan fingerprint density at radius 3 is 3.10 bits per heavy atom. The topological polar surface area (TPSA) is 63.8 Å². The van der Waals surface area contributed by atoms with Gasteiger partial charge in [-0.25, -0.2) is 0 Å². The predicted molar refractivity (Wildman–Crippen MR) is 79.0 cm³/mol. The minimum atomic E-state index is 0.565. The largest absolute Gasteiger partial charge is 0.384 e. The molecule has 1 aliphatic heterocycles. The number of pyridine rings is 1. The monoisotopic (exact) mass is 278 g/mol. The van der Waals surface area contributed by atoms with E-state index in [0.29, 0.717) is 18.1 Å². The van der Waals surface area contributed by atoms with Gasteiger partial charge in [0.05, 0.1) is 6.42 Å². The Labute approximate surface area is 122 Å². The van der Waals surface area contributed by atoms with E-state index in [2.05, 4.69) is 32.6 Å². The van der Waals surface area contributed by atoms with Gasteiger partial charge in [0.2, 0.25) is 0 Å². The van der Waals surface area contributed by atoms with E-state index in [1.165, 1.54) is 11.3 Å². The van der Waals surface area contributed by atoms with Gasteiger partial charge >= 0.3 is 0 Å². The minimum absolute atomic E-state index is 0.565. The van der Waals surface area contributed by atoms with Crippen molar-refractivity contribution >= 4 is 5.69 Å². The maximum absolute atomic E-state index is 5.37. The second kappa shape index (κ2) is 5.01. The molecule has 0 atom stereocenters. The van der Waals surface area contributed by atoms with Gasteiger partial charge in [0.15, 0.2) is 5.82 Å². The molecule has 5 nitrogen and oxygen atoms in total. The molecule has 21 heavy (non-hydrogen) atoms. The third-order valence-electron chi connectivity index (χ3n) is 3.60. The molecule has 1 aromatic carbocycles. The van der Waals surface area contributed by atoms with Crippen LogP contribution in [0.4, 0.5) is 5.69 Å². The molecule has 1 N–H and O–H groups in total. The zero-order valence-corrected chi connectivity index (χ0v) is 11.4. The Hall–Kier alpha value is -2.69. The van der Waals surface area contributed by atoms with E-state index in [9.17, 15) is 0 Å². The quantitative estimate of drug-likeness (QED) is 0.798. The molecule has 1 aliphatic rings. The number of hydrogen-bond donors (Lipinski definition) is 1. The van der Waals surface area contributed by atoms with Crippen molar-refractivity contribution in [1.82, 2.24) is 15.1 Å². The summed E-state index contributed by atoms with van der Waals surface area (Å²) in [6.07, 6.45) is 3.39. The van der Waals surface area contributed by atoms with E-state index in [1.807, 2.05) is 24.3 Å². The first-order chi connectivity index (χ1) is 10.4. The Bertz CT molecular complexity index is 767. The van der Waals surface area contributed by atoms with Crippen LogP contribution in [0.2, 0.25) is 0 Å². The Morgan fingerprint density at radius 1 is 1.19 bits per heavy atom. The molecule has 2 aromatic heterocycles. The van der Waals surface area contributed by atoms with Crippen LogP contribution in [0.5, 0.6) is 0 Å².